The topological polar surface area (TPSA) is 95.1 Å². The molecule has 0 saturated carbocycles. The Morgan fingerprint density at radius 2 is 1.62 bits per heavy atom. The zero-order chi connectivity index (χ0) is 21.8. The molecule has 0 atom stereocenters. The minimum absolute atomic E-state index is 0. The molecule has 8 nitrogen and oxygen atoms in total. The third-order valence-corrected chi connectivity index (χ3v) is 4.41. The first-order valence-electron chi connectivity index (χ1n) is 10.2. The monoisotopic (exact) mass is 527 g/mol. The van der Waals surface area contributed by atoms with Gasteiger partial charge in [-0.3, -0.25) is 4.79 Å². The Labute approximate surface area is 194 Å². The molecule has 0 fully saturated rings. The molecule has 0 aromatic heterocycles. The van der Waals surface area contributed by atoms with E-state index in [1.165, 1.54) is 4.90 Å². The molecule has 9 heteroatoms. The molecule has 0 saturated heterocycles. The molecule has 0 rings (SSSR count). The van der Waals surface area contributed by atoms with Crippen molar-refractivity contribution >= 4 is 41.9 Å². The summed E-state index contributed by atoms with van der Waals surface area (Å²) in [6.45, 7) is 13.0. The lowest BCUT2D eigenvalue weighted by Crippen LogP contribution is -2.57. The second-order valence-corrected chi connectivity index (χ2v) is 8.20. The number of nitrogens with one attached hydrogen (secondary N) is 3. The molecule has 0 aliphatic rings. The van der Waals surface area contributed by atoms with E-state index in [0.29, 0.717) is 12.5 Å². The van der Waals surface area contributed by atoms with Crippen LogP contribution in [0.2, 0.25) is 0 Å². The van der Waals surface area contributed by atoms with Crippen LogP contribution in [0.15, 0.2) is 4.99 Å². The first-order chi connectivity index (χ1) is 13.0. The molecule has 3 N–H and O–H groups in total. The summed E-state index contributed by atoms with van der Waals surface area (Å²) < 4.78 is 5.41. The molecule has 0 bridgehead atoms. The van der Waals surface area contributed by atoms with Crippen LogP contribution in [-0.4, -0.2) is 67.7 Å². The lowest BCUT2D eigenvalue weighted by atomic mass is 9.93. The van der Waals surface area contributed by atoms with Gasteiger partial charge in [-0.05, 0) is 40.0 Å². The Bertz CT molecular complexity index is 515. The lowest BCUT2D eigenvalue weighted by molar-refractivity contribution is -0.127. The molecule has 0 aliphatic heterocycles. The largest absolute Gasteiger partial charge is 0.444 e. The van der Waals surface area contributed by atoms with Crippen molar-refractivity contribution in [2.24, 2.45) is 4.99 Å². The van der Waals surface area contributed by atoms with Crippen molar-refractivity contribution in [1.82, 2.24) is 20.9 Å². The van der Waals surface area contributed by atoms with Gasteiger partial charge in [-0.25, -0.2) is 9.79 Å². The summed E-state index contributed by atoms with van der Waals surface area (Å²) in [7, 11) is 3.42. The number of rotatable bonds is 10. The average Bonchev–Trinajstić information content (AvgIpc) is 2.60. The van der Waals surface area contributed by atoms with Crippen molar-refractivity contribution < 1.29 is 14.3 Å². The quantitative estimate of drug-likeness (QED) is 0.176. The molecular formula is C20H42IN5O3. The van der Waals surface area contributed by atoms with Crippen LogP contribution >= 0.6 is 24.0 Å². The first kappa shape index (κ1) is 29.9. The number of hydrogen-bond donors (Lipinski definition) is 3. The van der Waals surface area contributed by atoms with Gasteiger partial charge in [0.25, 0.3) is 0 Å². The van der Waals surface area contributed by atoms with Gasteiger partial charge in [0.05, 0.1) is 5.54 Å². The van der Waals surface area contributed by atoms with Gasteiger partial charge in [0, 0.05) is 27.2 Å². The van der Waals surface area contributed by atoms with Crippen LogP contribution in [-0.2, 0) is 9.53 Å². The minimum Gasteiger partial charge on any atom is -0.444 e. The molecular weight excluding hydrogens is 485 g/mol. The zero-order valence-corrected chi connectivity index (χ0v) is 21.8. The number of carbonyl (C=O) groups is 2. The van der Waals surface area contributed by atoms with Gasteiger partial charge >= 0.3 is 6.09 Å². The third kappa shape index (κ3) is 13.6. The van der Waals surface area contributed by atoms with E-state index in [0.717, 1.165) is 32.2 Å². The summed E-state index contributed by atoms with van der Waals surface area (Å²) in [5.74, 6) is 0.502. The standard InChI is InChI=1S/C20H41N5O3.HI/c1-9-12-13-21-17(22-14-16(26)25(7)8)23-15-20(10-2,11-3)24-18(27)28-19(4,5)6;/h9-15H2,1-8H3,(H,24,27)(H2,21,22,23);1H. The van der Waals surface area contributed by atoms with Crippen LogP contribution in [0.1, 0.15) is 67.2 Å². The van der Waals surface area contributed by atoms with Gasteiger partial charge in [0.2, 0.25) is 5.91 Å². The molecule has 172 valence electrons. The van der Waals surface area contributed by atoms with Gasteiger partial charge < -0.3 is 25.6 Å². The molecule has 0 radical (unpaired) electrons. The van der Waals surface area contributed by atoms with Gasteiger partial charge in [-0.1, -0.05) is 27.2 Å². The normalized spacial score (nSPS) is 11.9. The zero-order valence-electron chi connectivity index (χ0n) is 19.5. The number of guanidine groups is 1. The Kier molecular flexibility index (Phi) is 15.2. The van der Waals surface area contributed by atoms with Crippen LogP contribution < -0.4 is 16.0 Å². The second kappa shape index (κ2) is 14.7. The van der Waals surface area contributed by atoms with Crippen molar-refractivity contribution in [3.63, 3.8) is 0 Å². The predicted octanol–water partition coefficient (Wildman–Crippen LogP) is 3.11. The second-order valence-electron chi connectivity index (χ2n) is 8.20. The summed E-state index contributed by atoms with van der Waals surface area (Å²) in [6.07, 6.45) is 3.09. The number of carbonyl (C=O) groups excluding carboxylic acids is 2. The average molecular weight is 527 g/mol. The molecule has 0 heterocycles. The van der Waals surface area contributed by atoms with Gasteiger partial charge in [-0.15, -0.1) is 24.0 Å². The van der Waals surface area contributed by atoms with E-state index in [1.807, 2.05) is 34.6 Å². The minimum atomic E-state index is -0.550. The predicted molar refractivity (Wildman–Crippen MR) is 130 cm³/mol. The molecule has 29 heavy (non-hydrogen) atoms. The van der Waals surface area contributed by atoms with E-state index < -0.39 is 17.2 Å². The molecule has 0 aromatic carbocycles. The van der Waals surface area contributed by atoms with E-state index in [9.17, 15) is 9.59 Å². The molecule has 0 spiro atoms. The number of likely N-dealkylation sites (N-methyl/N-ethyl adjacent to an activating group) is 1. The summed E-state index contributed by atoms with van der Waals surface area (Å²) in [5, 5.41) is 9.54. The number of nitrogens with zero attached hydrogens (tertiary/aromatic N) is 2. The number of ether oxygens (including phenoxy) is 1. The Hall–Kier alpha value is -1.26. The molecule has 0 aliphatic carbocycles. The van der Waals surface area contributed by atoms with Crippen molar-refractivity contribution in [1.29, 1.82) is 0 Å². The van der Waals surface area contributed by atoms with Gasteiger partial charge in [0.1, 0.15) is 12.1 Å². The Morgan fingerprint density at radius 1 is 1.03 bits per heavy atom. The Morgan fingerprint density at radius 3 is 2.07 bits per heavy atom. The van der Waals surface area contributed by atoms with E-state index in [4.69, 9.17) is 4.74 Å². The van der Waals surface area contributed by atoms with Crippen LogP contribution in [0.3, 0.4) is 0 Å². The maximum Gasteiger partial charge on any atom is 0.408 e. The van der Waals surface area contributed by atoms with Gasteiger partial charge in [-0.2, -0.15) is 0 Å². The van der Waals surface area contributed by atoms with E-state index in [2.05, 4.69) is 27.9 Å². The number of amides is 2. The molecule has 2 amide bonds. The van der Waals surface area contributed by atoms with E-state index in [1.54, 1.807) is 14.1 Å². The number of unbranched alkanes of at least 4 members (excludes halogenated alkanes) is 1. The van der Waals surface area contributed by atoms with E-state index >= 15 is 0 Å². The highest BCUT2D eigenvalue weighted by Gasteiger charge is 2.30. The maximum atomic E-state index is 12.3. The molecule has 0 aromatic rings. The van der Waals surface area contributed by atoms with Crippen LogP contribution in [0.4, 0.5) is 4.79 Å². The fourth-order valence-corrected chi connectivity index (χ4v) is 2.34. The smallest absolute Gasteiger partial charge is 0.408 e. The third-order valence-electron chi connectivity index (χ3n) is 4.41. The summed E-state index contributed by atoms with van der Waals surface area (Å²) >= 11 is 0. The van der Waals surface area contributed by atoms with Crippen molar-refractivity contribution in [2.45, 2.75) is 78.4 Å². The Balaban J connectivity index is 0. The molecule has 0 unspecified atom stereocenters. The van der Waals surface area contributed by atoms with Crippen molar-refractivity contribution in [3.05, 3.63) is 0 Å². The fourth-order valence-electron chi connectivity index (χ4n) is 2.34. The SMILES string of the molecule is CCCCNC(=NCC(=O)N(C)C)NCC(CC)(CC)NC(=O)OC(C)(C)C.I. The number of alkyl carbamates (subject to hydrolysis) is 1. The lowest BCUT2D eigenvalue weighted by Gasteiger charge is -2.34. The number of aliphatic imine (C=N–C) groups is 1. The fraction of sp³-hybridized carbons (Fsp3) is 0.850. The summed E-state index contributed by atoms with van der Waals surface area (Å²) in [4.78, 5) is 30.0. The summed E-state index contributed by atoms with van der Waals surface area (Å²) in [5.41, 5.74) is -1.02. The van der Waals surface area contributed by atoms with Crippen molar-refractivity contribution in [3.8, 4) is 0 Å². The highest BCUT2D eigenvalue weighted by Crippen LogP contribution is 2.16. The van der Waals surface area contributed by atoms with Crippen molar-refractivity contribution in [2.75, 3.05) is 33.7 Å². The van der Waals surface area contributed by atoms with Crippen LogP contribution in [0.5, 0.6) is 0 Å². The van der Waals surface area contributed by atoms with Gasteiger partial charge in [0.15, 0.2) is 5.96 Å². The van der Waals surface area contributed by atoms with Crippen LogP contribution in [0.25, 0.3) is 0 Å². The number of hydrogen-bond acceptors (Lipinski definition) is 4. The highest BCUT2D eigenvalue weighted by molar-refractivity contribution is 14.0. The number of halogens is 1. The maximum absolute atomic E-state index is 12.3. The first-order valence-corrected chi connectivity index (χ1v) is 10.2. The summed E-state index contributed by atoms with van der Waals surface area (Å²) in [6, 6.07) is 0. The van der Waals surface area contributed by atoms with Crippen LogP contribution in [0, 0.1) is 0 Å². The van der Waals surface area contributed by atoms with E-state index in [-0.39, 0.29) is 36.4 Å². The highest BCUT2D eigenvalue weighted by atomic mass is 127.